The second-order valence-corrected chi connectivity index (χ2v) is 5.47. The van der Waals surface area contributed by atoms with Crippen molar-refractivity contribution in [3.63, 3.8) is 0 Å². The third-order valence-corrected chi connectivity index (χ3v) is 3.67. The van der Waals surface area contributed by atoms with Crippen LogP contribution in [0, 0.1) is 0 Å². The molecule has 0 spiro atoms. The fraction of sp³-hybridized carbons (Fsp3) is 0.188. The van der Waals surface area contributed by atoms with Gasteiger partial charge in [0.25, 0.3) is 5.91 Å². The number of ether oxygens (including phenoxy) is 2. The topological polar surface area (TPSA) is 97.8 Å². The Balaban J connectivity index is 2.42. The third kappa shape index (κ3) is 4.40. The fourth-order valence-electron chi connectivity index (χ4n) is 2.10. The Labute approximate surface area is 155 Å². The Morgan fingerprint density at radius 3 is 2.22 bits per heavy atom. The van der Waals surface area contributed by atoms with E-state index in [1.807, 2.05) is 0 Å². The standard InChI is InChI=1S/C16H12ClF3N2O5/c1-26-11-4-8(15(24)25)10(5-12(11)27-2)22-14(23)13-9(17)3-7(6-21-13)16(18,19)20/h3-6H,1-2H3,(H,22,23)(H,24,25). The Morgan fingerprint density at radius 2 is 1.74 bits per heavy atom. The summed E-state index contributed by atoms with van der Waals surface area (Å²) in [5, 5.41) is 11.0. The van der Waals surface area contributed by atoms with Gasteiger partial charge in [-0.2, -0.15) is 13.2 Å². The molecular weight excluding hydrogens is 393 g/mol. The lowest BCUT2D eigenvalue weighted by molar-refractivity contribution is -0.137. The van der Waals surface area contributed by atoms with Gasteiger partial charge in [0.15, 0.2) is 11.5 Å². The highest BCUT2D eigenvalue weighted by atomic mass is 35.5. The molecule has 0 radical (unpaired) electrons. The van der Waals surface area contributed by atoms with Gasteiger partial charge in [-0.25, -0.2) is 9.78 Å². The van der Waals surface area contributed by atoms with Crippen LogP contribution in [0.2, 0.25) is 5.02 Å². The van der Waals surface area contributed by atoms with Crippen molar-refractivity contribution in [2.24, 2.45) is 0 Å². The molecule has 1 aromatic carbocycles. The van der Waals surface area contributed by atoms with Gasteiger partial charge < -0.3 is 19.9 Å². The molecule has 0 atom stereocenters. The Hall–Kier alpha value is -3.01. The van der Waals surface area contributed by atoms with Crippen molar-refractivity contribution in [3.05, 3.63) is 46.2 Å². The summed E-state index contributed by atoms with van der Waals surface area (Å²) in [5.74, 6) is -2.14. The number of hydrogen-bond acceptors (Lipinski definition) is 5. The summed E-state index contributed by atoms with van der Waals surface area (Å²) < 4.78 is 48.0. The fourth-order valence-corrected chi connectivity index (χ4v) is 2.35. The van der Waals surface area contributed by atoms with E-state index in [0.29, 0.717) is 12.3 Å². The van der Waals surface area contributed by atoms with Gasteiger partial charge in [0, 0.05) is 18.3 Å². The van der Waals surface area contributed by atoms with Crippen LogP contribution in [0.1, 0.15) is 26.4 Å². The van der Waals surface area contributed by atoms with E-state index in [4.69, 9.17) is 21.1 Å². The van der Waals surface area contributed by atoms with Crippen molar-refractivity contribution in [2.75, 3.05) is 19.5 Å². The second kappa shape index (κ2) is 7.70. The minimum absolute atomic E-state index is 0.110. The number of halogens is 4. The van der Waals surface area contributed by atoms with E-state index in [-0.39, 0.29) is 22.7 Å². The molecule has 1 aromatic heterocycles. The van der Waals surface area contributed by atoms with Crippen LogP contribution >= 0.6 is 11.6 Å². The number of aromatic nitrogens is 1. The molecule has 1 amide bonds. The smallest absolute Gasteiger partial charge is 0.417 e. The lowest BCUT2D eigenvalue weighted by atomic mass is 10.1. The molecule has 2 aromatic rings. The molecule has 0 aliphatic rings. The number of alkyl halides is 3. The average Bonchev–Trinajstić information content (AvgIpc) is 2.59. The molecule has 2 rings (SSSR count). The maximum Gasteiger partial charge on any atom is 0.417 e. The number of pyridine rings is 1. The zero-order chi connectivity index (χ0) is 20.4. The Morgan fingerprint density at radius 1 is 1.15 bits per heavy atom. The number of anilines is 1. The molecule has 0 bridgehead atoms. The molecular formula is C16H12ClF3N2O5. The van der Waals surface area contributed by atoms with Crippen molar-refractivity contribution in [3.8, 4) is 11.5 Å². The Kier molecular flexibility index (Phi) is 5.79. The maximum atomic E-state index is 12.7. The maximum absolute atomic E-state index is 12.7. The number of carbonyl (C=O) groups excluding carboxylic acids is 1. The van der Waals surface area contributed by atoms with Gasteiger partial charge in [0.1, 0.15) is 5.69 Å². The normalized spacial score (nSPS) is 11.0. The summed E-state index contributed by atoms with van der Waals surface area (Å²) in [7, 11) is 2.60. The van der Waals surface area contributed by atoms with Crippen molar-refractivity contribution >= 4 is 29.2 Å². The quantitative estimate of drug-likeness (QED) is 0.788. The van der Waals surface area contributed by atoms with Gasteiger partial charge >= 0.3 is 12.1 Å². The second-order valence-electron chi connectivity index (χ2n) is 5.06. The zero-order valence-electron chi connectivity index (χ0n) is 13.8. The molecule has 1 heterocycles. The SMILES string of the molecule is COc1cc(NC(=O)c2ncc(C(F)(F)F)cc2Cl)c(C(=O)O)cc1OC. The predicted molar refractivity (Wildman–Crippen MR) is 88.7 cm³/mol. The summed E-state index contributed by atoms with van der Waals surface area (Å²) in [4.78, 5) is 27.2. The van der Waals surface area contributed by atoms with Crippen LogP contribution in [0.15, 0.2) is 24.4 Å². The van der Waals surface area contributed by atoms with Gasteiger partial charge in [0.2, 0.25) is 0 Å². The molecule has 11 heteroatoms. The van der Waals surface area contributed by atoms with Crippen LogP contribution in [0.25, 0.3) is 0 Å². The molecule has 7 nitrogen and oxygen atoms in total. The summed E-state index contributed by atoms with van der Waals surface area (Å²) >= 11 is 5.72. The number of amides is 1. The zero-order valence-corrected chi connectivity index (χ0v) is 14.6. The molecule has 0 aliphatic carbocycles. The highest BCUT2D eigenvalue weighted by Crippen LogP contribution is 2.34. The summed E-state index contributed by atoms with van der Waals surface area (Å²) in [6, 6.07) is 2.87. The predicted octanol–water partition coefficient (Wildman–Crippen LogP) is 3.72. The minimum atomic E-state index is -4.68. The number of benzene rings is 1. The molecule has 0 unspecified atom stereocenters. The number of carbonyl (C=O) groups is 2. The lowest BCUT2D eigenvalue weighted by Gasteiger charge is -2.14. The molecule has 0 saturated heterocycles. The van der Waals surface area contributed by atoms with Gasteiger partial charge in [-0.1, -0.05) is 11.6 Å². The number of carboxylic acid groups (broad SMARTS) is 1. The third-order valence-electron chi connectivity index (χ3n) is 3.39. The lowest BCUT2D eigenvalue weighted by Crippen LogP contribution is -2.18. The van der Waals surface area contributed by atoms with E-state index in [9.17, 15) is 27.9 Å². The number of carboxylic acids is 1. The minimum Gasteiger partial charge on any atom is -0.493 e. The van der Waals surface area contributed by atoms with E-state index in [2.05, 4.69) is 10.3 Å². The first-order chi connectivity index (χ1) is 12.6. The van der Waals surface area contributed by atoms with Crippen molar-refractivity contribution in [1.29, 1.82) is 0 Å². The number of hydrogen-bond donors (Lipinski definition) is 2. The average molecular weight is 405 g/mol. The number of nitrogens with zero attached hydrogens (tertiary/aromatic N) is 1. The summed E-state index contributed by atoms with van der Waals surface area (Å²) in [6.07, 6.45) is -4.22. The van der Waals surface area contributed by atoms with Gasteiger partial charge in [-0.3, -0.25) is 4.79 Å². The number of methoxy groups -OCH3 is 2. The van der Waals surface area contributed by atoms with Crippen molar-refractivity contribution < 1.29 is 37.3 Å². The summed E-state index contributed by atoms with van der Waals surface area (Å²) in [5.41, 5.74) is -2.14. The van der Waals surface area contributed by atoms with Crippen LogP contribution < -0.4 is 14.8 Å². The Bertz CT molecular complexity index is 902. The van der Waals surface area contributed by atoms with Gasteiger partial charge in [0.05, 0.1) is 36.1 Å². The molecule has 144 valence electrons. The summed E-state index contributed by atoms with van der Waals surface area (Å²) in [6.45, 7) is 0. The first-order valence-electron chi connectivity index (χ1n) is 7.12. The van der Waals surface area contributed by atoms with Crippen molar-refractivity contribution in [1.82, 2.24) is 4.98 Å². The number of aromatic carboxylic acids is 1. The highest BCUT2D eigenvalue weighted by molar-refractivity contribution is 6.34. The highest BCUT2D eigenvalue weighted by Gasteiger charge is 2.32. The molecule has 0 saturated carbocycles. The van der Waals surface area contributed by atoms with Crippen LogP contribution in [-0.2, 0) is 6.18 Å². The van der Waals surface area contributed by atoms with E-state index in [1.165, 1.54) is 20.3 Å². The van der Waals surface area contributed by atoms with Gasteiger partial charge in [-0.05, 0) is 6.07 Å². The molecule has 0 aliphatic heterocycles. The van der Waals surface area contributed by atoms with E-state index < -0.39 is 34.3 Å². The van der Waals surface area contributed by atoms with E-state index in [0.717, 1.165) is 6.07 Å². The largest absolute Gasteiger partial charge is 0.493 e. The first kappa shape index (κ1) is 20.3. The first-order valence-corrected chi connectivity index (χ1v) is 7.49. The molecule has 27 heavy (non-hydrogen) atoms. The number of rotatable bonds is 5. The monoisotopic (exact) mass is 404 g/mol. The van der Waals surface area contributed by atoms with Crippen molar-refractivity contribution in [2.45, 2.75) is 6.18 Å². The van der Waals surface area contributed by atoms with Crippen LogP contribution in [-0.4, -0.2) is 36.2 Å². The van der Waals surface area contributed by atoms with Crippen LogP contribution in [0.5, 0.6) is 11.5 Å². The van der Waals surface area contributed by atoms with Crippen LogP contribution in [0.3, 0.4) is 0 Å². The number of nitrogens with one attached hydrogen (secondary N) is 1. The molecule has 2 N–H and O–H groups in total. The molecule has 0 fully saturated rings. The van der Waals surface area contributed by atoms with Crippen LogP contribution in [0.4, 0.5) is 18.9 Å². The van der Waals surface area contributed by atoms with Gasteiger partial charge in [-0.15, -0.1) is 0 Å². The van der Waals surface area contributed by atoms with E-state index >= 15 is 0 Å². The van der Waals surface area contributed by atoms with E-state index in [1.54, 1.807) is 0 Å².